The minimum atomic E-state index is -0.225. The van der Waals surface area contributed by atoms with Gasteiger partial charge in [-0.3, -0.25) is 4.98 Å². The molecule has 1 atom stereocenters. The lowest BCUT2D eigenvalue weighted by Gasteiger charge is -2.57. The zero-order chi connectivity index (χ0) is 20.6. The molecule has 4 saturated carbocycles. The van der Waals surface area contributed by atoms with Crippen molar-refractivity contribution in [1.29, 1.82) is 0 Å². The van der Waals surface area contributed by atoms with Crippen molar-refractivity contribution in [3.8, 4) is 0 Å². The molecular formula is C24H33N3O2S. The minimum absolute atomic E-state index is 0.117. The summed E-state index contributed by atoms with van der Waals surface area (Å²) < 4.78 is 5.63. The van der Waals surface area contributed by atoms with Crippen molar-refractivity contribution in [3.05, 3.63) is 30.1 Å². The van der Waals surface area contributed by atoms with Gasteiger partial charge in [-0.25, -0.2) is 4.79 Å². The zero-order valence-corrected chi connectivity index (χ0v) is 18.5. The topological polar surface area (TPSA) is 54.5 Å². The molecule has 2 heterocycles. The van der Waals surface area contributed by atoms with Crippen molar-refractivity contribution >= 4 is 23.3 Å². The van der Waals surface area contributed by atoms with Crippen LogP contribution in [0.2, 0.25) is 0 Å². The van der Waals surface area contributed by atoms with E-state index >= 15 is 0 Å². The Morgan fingerprint density at radius 2 is 1.97 bits per heavy atom. The van der Waals surface area contributed by atoms with Crippen LogP contribution in [0.1, 0.15) is 63.4 Å². The molecular weight excluding hydrogens is 394 g/mol. The molecule has 4 aliphatic carbocycles. The van der Waals surface area contributed by atoms with E-state index in [2.05, 4.69) is 21.3 Å². The van der Waals surface area contributed by atoms with Crippen LogP contribution in [0.3, 0.4) is 0 Å². The molecule has 1 aliphatic heterocycles. The predicted molar refractivity (Wildman–Crippen MR) is 120 cm³/mol. The molecule has 6 rings (SSSR count). The largest absolute Gasteiger partial charge is 0.464 e. The first kappa shape index (κ1) is 20.2. The van der Waals surface area contributed by atoms with Crippen LogP contribution in [0.4, 0.5) is 0 Å². The Morgan fingerprint density at radius 3 is 2.63 bits per heavy atom. The molecule has 5 fully saturated rings. The van der Waals surface area contributed by atoms with Gasteiger partial charge in [0.05, 0.1) is 6.61 Å². The summed E-state index contributed by atoms with van der Waals surface area (Å²) >= 11 is 5.84. The zero-order valence-electron chi connectivity index (χ0n) is 17.7. The van der Waals surface area contributed by atoms with Crippen LogP contribution < -0.4 is 5.32 Å². The smallest absolute Gasteiger partial charge is 0.328 e. The Labute approximate surface area is 185 Å². The highest BCUT2D eigenvalue weighted by Gasteiger charge is 2.51. The van der Waals surface area contributed by atoms with E-state index in [-0.39, 0.29) is 17.6 Å². The number of aromatic nitrogens is 1. The van der Waals surface area contributed by atoms with E-state index in [1.54, 1.807) is 6.20 Å². The van der Waals surface area contributed by atoms with E-state index in [9.17, 15) is 4.79 Å². The number of likely N-dealkylation sites (tertiary alicyclic amines) is 1. The first-order valence-corrected chi connectivity index (χ1v) is 12.2. The number of hydrogen-bond donors (Lipinski definition) is 1. The summed E-state index contributed by atoms with van der Waals surface area (Å²) in [5.74, 6) is 2.52. The number of nitrogens with zero attached hydrogens (tertiary/aromatic N) is 2. The van der Waals surface area contributed by atoms with Crippen molar-refractivity contribution in [2.24, 2.45) is 17.8 Å². The third kappa shape index (κ3) is 4.20. The first-order valence-electron chi connectivity index (χ1n) is 11.7. The van der Waals surface area contributed by atoms with Gasteiger partial charge in [-0.1, -0.05) is 6.07 Å². The van der Waals surface area contributed by atoms with Gasteiger partial charge < -0.3 is 15.0 Å². The molecule has 1 N–H and O–H groups in total. The lowest BCUT2D eigenvalue weighted by molar-refractivity contribution is -0.147. The second kappa shape index (κ2) is 8.45. The summed E-state index contributed by atoms with van der Waals surface area (Å²) in [7, 11) is 0. The number of nitrogens with one attached hydrogen (secondary N) is 1. The normalized spacial score (nSPS) is 34.2. The average molecular weight is 428 g/mol. The average Bonchev–Trinajstić information content (AvgIpc) is 3.21. The van der Waals surface area contributed by atoms with Gasteiger partial charge in [0.15, 0.2) is 5.11 Å². The second-order valence-electron chi connectivity index (χ2n) is 10.1. The van der Waals surface area contributed by atoms with Gasteiger partial charge in [-0.15, -0.1) is 0 Å². The SMILES string of the molecule is O=C(OCCCc1cccnc1)C1CCCN1C(=S)NC12CC3CC(CC(C3)C1)C2. The van der Waals surface area contributed by atoms with E-state index in [4.69, 9.17) is 17.0 Å². The van der Waals surface area contributed by atoms with E-state index in [0.29, 0.717) is 6.61 Å². The molecule has 1 unspecified atom stereocenters. The van der Waals surface area contributed by atoms with Gasteiger partial charge in [0.2, 0.25) is 0 Å². The Morgan fingerprint density at radius 1 is 1.23 bits per heavy atom. The molecule has 1 aromatic heterocycles. The number of carbonyl (C=O) groups excluding carboxylic acids is 1. The van der Waals surface area contributed by atoms with Crippen LogP contribution in [0, 0.1) is 17.8 Å². The molecule has 5 nitrogen and oxygen atoms in total. The number of thiocarbonyl (C=S) groups is 1. The van der Waals surface area contributed by atoms with Crippen LogP contribution in [0.15, 0.2) is 24.5 Å². The lowest BCUT2D eigenvalue weighted by atomic mass is 9.53. The van der Waals surface area contributed by atoms with Gasteiger partial charge in [-0.2, -0.15) is 0 Å². The van der Waals surface area contributed by atoms with Crippen LogP contribution in [0.5, 0.6) is 0 Å². The Bertz CT molecular complexity index is 749. The molecule has 1 aromatic rings. The highest BCUT2D eigenvalue weighted by molar-refractivity contribution is 7.80. The maximum absolute atomic E-state index is 12.8. The molecule has 1 saturated heterocycles. The van der Waals surface area contributed by atoms with Gasteiger partial charge in [0.1, 0.15) is 6.04 Å². The van der Waals surface area contributed by atoms with E-state index in [1.807, 2.05) is 12.3 Å². The van der Waals surface area contributed by atoms with Crippen molar-refractivity contribution in [2.75, 3.05) is 13.2 Å². The third-order valence-electron chi connectivity index (χ3n) is 7.77. The molecule has 0 aromatic carbocycles. The molecule has 4 bridgehead atoms. The van der Waals surface area contributed by atoms with Gasteiger partial charge in [-0.05, 0) is 106 Å². The Balaban J connectivity index is 1.13. The summed E-state index contributed by atoms with van der Waals surface area (Å²) in [6.45, 7) is 1.31. The maximum Gasteiger partial charge on any atom is 0.328 e. The summed E-state index contributed by atoms with van der Waals surface area (Å²) in [5, 5.41) is 4.57. The third-order valence-corrected chi connectivity index (χ3v) is 8.11. The molecule has 0 spiro atoms. The lowest BCUT2D eigenvalue weighted by Crippen LogP contribution is -2.62. The fourth-order valence-corrected chi connectivity index (χ4v) is 7.34. The number of pyridine rings is 1. The highest BCUT2D eigenvalue weighted by Crippen LogP contribution is 2.55. The van der Waals surface area contributed by atoms with Gasteiger partial charge in [0.25, 0.3) is 0 Å². The molecule has 5 aliphatic rings. The van der Waals surface area contributed by atoms with Crippen LogP contribution >= 0.6 is 12.2 Å². The van der Waals surface area contributed by atoms with Crippen LogP contribution in [-0.4, -0.2) is 45.7 Å². The fourth-order valence-electron chi connectivity index (χ4n) is 6.91. The monoisotopic (exact) mass is 427 g/mol. The number of ether oxygens (including phenoxy) is 1. The Hall–Kier alpha value is -1.69. The quantitative estimate of drug-likeness (QED) is 0.423. The summed E-state index contributed by atoms with van der Waals surface area (Å²) in [6.07, 6.45) is 15.2. The standard InChI is InChI=1S/C24H33N3O2S/c28-22(29-9-3-5-17-4-1-7-25-16-17)21-6-2-8-27(21)23(30)26-24-13-18-10-19(14-24)12-20(11-18)15-24/h1,4,7,16,18-21H,2-3,5-6,8-15H2,(H,26,30). The summed E-state index contributed by atoms with van der Waals surface area (Å²) in [5.41, 5.74) is 1.36. The number of aryl methyl sites for hydroxylation is 1. The van der Waals surface area contributed by atoms with Crippen molar-refractivity contribution in [2.45, 2.75) is 75.8 Å². The fraction of sp³-hybridized carbons (Fsp3) is 0.708. The van der Waals surface area contributed by atoms with Gasteiger partial charge in [0, 0.05) is 24.5 Å². The molecule has 162 valence electrons. The first-order chi connectivity index (χ1) is 14.6. The van der Waals surface area contributed by atoms with E-state index in [0.717, 1.165) is 55.1 Å². The number of esters is 1. The van der Waals surface area contributed by atoms with E-state index in [1.165, 1.54) is 44.1 Å². The second-order valence-corrected chi connectivity index (χ2v) is 10.5. The Kier molecular flexibility index (Phi) is 5.69. The number of rotatable bonds is 6. The van der Waals surface area contributed by atoms with Crippen LogP contribution in [-0.2, 0) is 16.0 Å². The number of hydrogen-bond acceptors (Lipinski definition) is 4. The molecule has 0 amide bonds. The van der Waals surface area contributed by atoms with Gasteiger partial charge >= 0.3 is 5.97 Å². The molecule has 6 heteroatoms. The van der Waals surface area contributed by atoms with Crippen molar-refractivity contribution in [1.82, 2.24) is 15.2 Å². The number of carbonyl (C=O) groups is 1. The van der Waals surface area contributed by atoms with Crippen LogP contribution in [0.25, 0.3) is 0 Å². The molecule has 30 heavy (non-hydrogen) atoms. The van der Waals surface area contributed by atoms with Crippen molar-refractivity contribution < 1.29 is 9.53 Å². The highest BCUT2D eigenvalue weighted by atomic mass is 32.1. The summed E-state index contributed by atoms with van der Waals surface area (Å²) in [4.78, 5) is 19.0. The van der Waals surface area contributed by atoms with E-state index < -0.39 is 0 Å². The maximum atomic E-state index is 12.8. The van der Waals surface area contributed by atoms with Crippen molar-refractivity contribution in [3.63, 3.8) is 0 Å². The predicted octanol–water partition coefficient (Wildman–Crippen LogP) is 3.87. The summed E-state index contributed by atoms with van der Waals surface area (Å²) in [6, 6.07) is 3.77. The molecule has 0 radical (unpaired) electrons. The minimum Gasteiger partial charge on any atom is -0.464 e.